The van der Waals surface area contributed by atoms with Crippen LogP contribution in [0.2, 0.25) is 5.02 Å². The van der Waals surface area contributed by atoms with Gasteiger partial charge in [-0.05, 0) is 24.6 Å². The van der Waals surface area contributed by atoms with Crippen LogP contribution >= 0.6 is 23.4 Å². The highest BCUT2D eigenvalue weighted by Gasteiger charge is 2.35. The van der Waals surface area contributed by atoms with Crippen molar-refractivity contribution in [2.75, 3.05) is 5.75 Å². The molecular formula is C15H21ClN2O2S. The third kappa shape index (κ3) is 5.25. The first kappa shape index (κ1) is 17.9. The lowest BCUT2D eigenvalue weighted by molar-refractivity contribution is -0.130. The number of halogens is 1. The Morgan fingerprint density at radius 3 is 2.38 bits per heavy atom. The van der Waals surface area contributed by atoms with Gasteiger partial charge in [0.05, 0.1) is 5.75 Å². The van der Waals surface area contributed by atoms with Crippen molar-refractivity contribution in [1.82, 2.24) is 5.32 Å². The fourth-order valence-electron chi connectivity index (χ4n) is 1.67. The number of nitrogens with two attached hydrogens (primary N) is 1. The Hall–Kier alpha value is -1.20. The third-order valence-electron chi connectivity index (χ3n) is 2.92. The van der Waals surface area contributed by atoms with E-state index in [-0.39, 0.29) is 16.4 Å². The summed E-state index contributed by atoms with van der Waals surface area (Å²) in [5, 5.41) is 3.20. The molecule has 0 aliphatic heterocycles. The van der Waals surface area contributed by atoms with Crippen molar-refractivity contribution in [1.29, 1.82) is 0 Å². The van der Waals surface area contributed by atoms with Crippen LogP contribution in [-0.2, 0) is 15.1 Å². The van der Waals surface area contributed by atoms with E-state index in [9.17, 15) is 9.59 Å². The molecule has 0 saturated heterocycles. The van der Waals surface area contributed by atoms with E-state index in [4.69, 9.17) is 17.3 Å². The number of hydrogen-bond donors (Lipinski definition) is 2. The summed E-state index contributed by atoms with van der Waals surface area (Å²) in [5.41, 5.74) is 4.77. The second kappa shape index (κ2) is 6.71. The number of carbonyl (C=O) groups excluding carboxylic acids is 2. The van der Waals surface area contributed by atoms with Gasteiger partial charge in [-0.2, -0.15) is 0 Å². The fourth-order valence-corrected chi connectivity index (χ4v) is 2.50. The van der Waals surface area contributed by atoms with E-state index in [0.29, 0.717) is 10.6 Å². The molecule has 1 aromatic rings. The van der Waals surface area contributed by atoms with Crippen LogP contribution in [0.3, 0.4) is 0 Å². The minimum absolute atomic E-state index is 0.0312. The molecule has 1 unspecified atom stereocenters. The first-order valence-corrected chi connectivity index (χ1v) is 7.92. The molecule has 0 radical (unpaired) electrons. The summed E-state index contributed by atoms with van der Waals surface area (Å²) in [5.74, 6) is -0.609. The Bertz CT molecular complexity index is 543. The van der Waals surface area contributed by atoms with Crippen LogP contribution in [-0.4, -0.2) is 22.3 Å². The molecule has 116 valence electrons. The zero-order chi connectivity index (χ0) is 16.3. The summed E-state index contributed by atoms with van der Waals surface area (Å²) in [6.07, 6.45) is 0. The SMILES string of the molecule is CC(C)(C)SCC(=O)NC(C)(C(N)=O)c1cccc(Cl)c1. The molecule has 1 aromatic carbocycles. The van der Waals surface area contributed by atoms with Gasteiger partial charge in [-0.15, -0.1) is 11.8 Å². The predicted molar refractivity (Wildman–Crippen MR) is 88.4 cm³/mol. The number of primary amides is 1. The quantitative estimate of drug-likeness (QED) is 0.872. The van der Waals surface area contributed by atoms with E-state index in [2.05, 4.69) is 5.32 Å². The van der Waals surface area contributed by atoms with E-state index in [1.807, 2.05) is 20.8 Å². The maximum Gasteiger partial charge on any atom is 0.247 e. The minimum Gasteiger partial charge on any atom is -0.367 e. The summed E-state index contributed by atoms with van der Waals surface area (Å²) in [6.45, 7) is 7.65. The van der Waals surface area contributed by atoms with E-state index < -0.39 is 11.4 Å². The lowest BCUT2D eigenvalue weighted by atomic mass is 9.91. The molecule has 0 aliphatic carbocycles. The predicted octanol–water partition coefficient (Wildman–Crippen LogP) is 2.69. The molecule has 0 heterocycles. The van der Waals surface area contributed by atoms with Crippen LogP contribution in [0.4, 0.5) is 0 Å². The highest BCUT2D eigenvalue weighted by molar-refractivity contribution is 8.01. The van der Waals surface area contributed by atoms with E-state index in [0.717, 1.165) is 0 Å². The molecule has 4 nitrogen and oxygen atoms in total. The number of amides is 2. The number of hydrogen-bond acceptors (Lipinski definition) is 3. The van der Waals surface area contributed by atoms with Crippen LogP contribution in [0.1, 0.15) is 33.3 Å². The van der Waals surface area contributed by atoms with E-state index in [1.54, 1.807) is 31.2 Å². The summed E-state index contributed by atoms with van der Waals surface area (Å²) in [7, 11) is 0. The zero-order valence-corrected chi connectivity index (χ0v) is 14.3. The molecular weight excluding hydrogens is 308 g/mol. The van der Waals surface area contributed by atoms with Crippen molar-refractivity contribution >= 4 is 35.2 Å². The molecule has 0 spiro atoms. The van der Waals surface area contributed by atoms with Crippen molar-refractivity contribution in [2.24, 2.45) is 5.73 Å². The number of carbonyl (C=O) groups is 2. The Morgan fingerprint density at radius 2 is 1.90 bits per heavy atom. The van der Waals surface area contributed by atoms with Crippen LogP contribution in [0.5, 0.6) is 0 Å². The number of benzene rings is 1. The van der Waals surface area contributed by atoms with Crippen LogP contribution < -0.4 is 11.1 Å². The lowest BCUT2D eigenvalue weighted by Gasteiger charge is -2.28. The zero-order valence-electron chi connectivity index (χ0n) is 12.7. The van der Waals surface area contributed by atoms with Crippen LogP contribution in [0, 0.1) is 0 Å². The van der Waals surface area contributed by atoms with Gasteiger partial charge >= 0.3 is 0 Å². The van der Waals surface area contributed by atoms with Gasteiger partial charge in [-0.1, -0.05) is 44.5 Å². The molecule has 6 heteroatoms. The second-order valence-electron chi connectivity index (χ2n) is 5.95. The van der Waals surface area contributed by atoms with E-state index >= 15 is 0 Å². The van der Waals surface area contributed by atoms with Crippen molar-refractivity contribution in [3.05, 3.63) is 34.9 Å². The topological polar surface area (TPSA) is 72.2 Å². The summed E-state index contributed by atoms with van der Waals surface area (Å²) < 4.78 is -0.0312. The van der Waals surface area contributed by atoms with Gasteiger partial charge in [0.15, 0.2) is 0 Å². The molecule has 0 aliphatic rings. The minimum atomic E-state index is -1.28. The lowest BCUT2D eigenvalue weighted by Crippen LogP contribution is -2.53. The highest BCUT2D eigenvalue weighted by atomic mass is 35.5. The first-order chi connectivity index (χ1) is 9.54. The summed E-state index contributed by atoms with van der Waals surface area (Å²) >= 11 is 7.45. The highest BCUT2D eigenvalue weighted by Crippen LogP contribution is 2.26. The molecule has 3 N–H and O–H groups in total. The molecule has 1 rings (SSSR count). The Morgan fingerprint density at radius 1 is 1.29 bits per heavy atom. The average molecular weight is 329 g/mol. The molecule has 2 amide bonds. The molecule has 1 atom stereocenters. The van der Waals surface area contributed by atoms with Crippen LogP contribution in [0.25, 0.3) is 0 Å². The van der Waals surface area contributed by atoms with Gasteiger partial charge < -0.3 is 11.1 Å². The summed E-state index contributed by atoms with van der Waals surface area (Å²) in [6, 6.07) is 6.76. The standard InChI is InChI=1S/C15H21ClN2O2S/c1-14(2,3)21-9-12(19)18-15(4,13(17)20)10-6-5-7-11(16)8-10/h5-8H,9H2,1-4H3,(H2,17,20)(H,18,19). The number of nitrogens with one attached hydrogen (secondary N) is 1. The average Bonchev–Trinajstić information content (AvgIpc) is 2.35. The Kier molecular flexibility index (Phi) is 5.70. The molecule has 0 fully saturated rings. The normalized spacial score (nSPS) is 14.3. The molecule has 21 heavy (non-hydrogen) atoms. The van der Waals surface area contributed by atoms with Gasteiger partial charge in [0.2, 0.25) is 11.8 Å². The smallest absolute Gasteiger partial charge is 0.247 e. The number of thioether (sulfide) groups is 1. The van der Waals surface area contributed by atoms with Crippen molar-refractivity contribution in [2.45, 2.75) is 38.0 Å². The second-order valence-corrected chi connectivity index (χ2v) is 8.19. The Balaban J connectivity index is 2.92. The van der Waals surface area contributed by atoms with Gasteiger partial charge in [-0.3, -0.25) is 9.59 Å². The van der Waals surface area contributed by atoms with Gasteiger partial charge in [0, 0.05) is 9.77 Å². The van der Waals surface area contributed by atoms with Crippen LogP contribution in [0.15, 0.2) is 24.3 Å². The van der Waals surface area contributed by atoms with Crippen molar-refractivity contribution in [3.8, 4) is 0 Å². The van der Waals surface area contributed by atoms with Gasteiger partial charge in [0.1, 0.15) is 5.54 Å². The molecule has 0 aromatic heterocycles. The summed E-state index contributed by atoms with van der Waals surface area (Å²) in [4.78, 5) is 23.9. The molecule has 0 saturated carbocycles. The maximum atomic E-state index is 12.1. The van der Waals surface area contributed by atoms with Gasteiger partial charge in [0.25, 0.3) is 0 Å². The largest absolute Gasteiger partial charge is 0.367 e. The van der Waals surface area contributed by atoms with Gasteiger partial charge in [-0.25, -0.2) is 0 Å². The van der Waals surface area contributed by atoms with E-state index in [1.165, 1.54) is 11.8 Å². The Labute approximate surface area is 134 Å². The monoisotopic (exact) mass is 328 g/mol. The first-order valence-electron chi connectivity index (χ1n) is 6.55. The maximum absolute atomic E-state index is 12.1. The molecule has 0 bridgehead atoms. The fraction of sp³-hybridized carbons (Fsp3) is 0.467. The van der Waals surface area contributed by atoms with Crippen molar-refractivity contribution in [3.63, 3.8) is 0 Å². The number of rotatable bonds is 5. The third-order valence-corrected chi connectivity index (χ3v) is 4.43. The van der Waals surface area contributed by atoms with Crippen molar-refractivity contribution < 1.29 is 9.59 Å².